The van der Waals surface area contributed by atoms with E-state index in [-0.39, 0.29) is 17.9 Å². The van der Waals surface area contributed by atoms with Gasteiger partial charge >= 0.3 is 0 Å². The number of ether oxygens (including phenoxy) is 1. The van der Waals surface area contributed by atoms with Gasteiger partial charge < -0.3 is 15.0 Å². The molecule has 2 heterocycles. The second-order valence-corrected chi connectivity index (χ2v) is 7.32. The summed E-state index contributed by atoms with van der Waals surface area (Å²) in [6.07, 6.45) is 2.77. The third kappa shape index (κ3) is 5.33. The van der Waals surface area contributed by atoms with Crippen molar-refractivity contribution in [3.8, 4) is 5.75 Å². The van der Waals surface area contributed by atoms with Crippen LogP contribution in [0.5, 0.6) is 5.75 Å². The van der Waals surface area contributed by atoms with Crippen LogP contribution in [0.15, 0.2) is 47.8 Å². The fraction of sp³-hybridized carbons (Fsp3) is 0.400. The summed E-state index contributed by atoms with van der Waals surface area (Å²) in [5, 5.41) is 5.00. The first-order chi connectivity index (χ1) is 12.7. The summed E-state index contributed by atoms with van der Waals surface area (Å²) in [6, 6.07) is 13.5. The molecule has 1 aromatic heterocycles. The summed E-state index contributed by atoms with van der Waals surface area (Å²) in [5.41, 5.74) is 0. The Bertz CT molecular complexity index is 695. The first-order valence-electron chi connectivity index (χ1n) is 9.02. The summed E-state index contributed by atoms with van der Waals surface area (Å²) in [5.74, 6) is 0.989. The highest BCUT2D eigenvalue weighted by Gasteiger charge is 2.24. The topological polar surface area (TPSA) is 58.6 Å². The highest BCUT2D eigenvalue weighted by Crippen LogP contribution is 2.17. The van der Waals surface area contributed by atoms with Gasteiger partial charge in [-0.2, -0.15) is 0 Å². The van der Waals surface area contributed by atoms with Gasteiger partial charge in [-0.25, -0.2) is 0 Å². The number of amides is 2. The van der Waals surface area contributed by atoms with Gasteiger partial charge in [-0.05, 0) is 42.8 Å². The molecule has 0 spiro atoms. The Morgan fingerprint density at radius 2 is 1.88 bits per heavy atom. The molecule has 1 N–H and O–H groups in total. The lowest BCUT2D eigenvalue weighted by Gasteiger charge is -2.32. The number of hydrogen-bond acceptors (Lipinski definition) is 4. The van der Waals surface area contributed by atoms with Gasteiger partial charge in [0.2, 0.25) is 5.91 Å². The summed E-state index contributed by atoms with van der Waals surface area (Å²) < 4.78 is 5.60. The number of piperidine rings is 1. The van der Waals surface area contributed by atoms with Crippen molar-refractivity contribution in [3.63, 3.8) is 0 Å². The maximum Gasteiger partial charge on any atom is 0.263 e. The molecular formula is C20H24N2O3S. The minimum atomic E-state index is 0.0599. The van der Waals surface area contributed by atoms with E-state index in [0.717, 1.165) is 23.5 Å². The molecule has 0 radical (unpaired) electrons. The third-order valence-corrected chi connectivity index (χ3v) is 5.30. The molecule has 1 aliphatic heterocycles. The van der Waals surface area contributed by atoms with Gasteiger partial charge in [0.15, 0.2) is 0 Å². The van der Waals surface area contributed by atoms with Crippen LogP contribution in [0.4, 0.5) is 0 Å². The van der Waals surface area contributed by atoms with Crippen LogP contribution in [0.1, 0.15) is 35.4 Å². The number of para-hydroxylation sites is 1. The number of nitrogens with zero attached hydrogens (tertiary/aromatic N) is 1. The minimum absolute atomic E-state index is 0.0599. The van der Waals surface area contributed by atoms with Crippen LogP contribution in [0.3, 0.4) is 0 Å². The highest BCUT2D eigenvalue weighted by atomic mass is 32.1. The zero-order chi connectivity index (χ0) is 18.2. The number of rotatable bonds is 7. The number of hydrogen-bond donors (Lipinski definition) is 1. The third-order valence-electron chi connectivity index (χ3n) is 4.44. The lowest BCUT2D eigenvalue weighted by atomic mass is 10.0. The molecule has 2 aromatic rings. The molecule has 1 fully saturated rings. The highest BCUT2D eigenvalue weighted by molar-refractivity contribution is 7.12. The van der Waals surface area contributed by atoms with Gasteiger partial charge in [0, 0.05) is 25.6 Å². The zero-order valence-electron chi connectivity index (χ0n) is 14.7. The van der Waals surface area contributed by atoms with E-state index in [2.05, 4.69) is 5.32 Å². The van der Waals surface area contributed by atoms with E-state index in [0.29, 0.717) is 32.5 Å². The monoisotopic (exact) mass is 372 g/mol. The second-order valence-electron chi connectivity index (χ2n) is 6.38. The predicted octanol–water partition coefficient (Wildman–Crippen LogP) is 3.33. The summed E-state index contributed by atoms with van der Waals surface area (Å²) in [7, 11) is 0. The van der Waals surface area contributed by atoms with Gasteiger partial charge in [0.25, 0.3) is 5.91 Å². The molecule has 1 aromatic carbocycles. The fourth-order valence-corrected chi connectivity index (χ4v) is 3.71. The van der Waals surface area contributed by atoms with Crippen molar-refractivity contribution < 1.29 is 14.3 Å². The maximum absolute atomic E-state index is 12.3. The fourth-order valence-electron chi connectivity index (χ4n) is 3.02. The Hall–Kier alpha value is -2.34. The maximum atomic E-state index is 12.3. The number of carbonyl (C=O) groups is 2. The van der Waals surface area contributed by atoms with E-state index in [1.54, 1.807) is 0 Å². The second kappa shape index (κ2) is 9.38. The summed E-state index contributed by atoms with van der Waals surface area (Å²) in [6.45, 7) is 1.92. The lowest BCUT2D eigenvalue weighted by Crippen LogP contribution is -2.46. The molecule has 0 aliphatic carbocycles. The van der Waals surface area contributed by atoms with Crippen LogP contribution in [0.2, 0.25) is 0 Å². The molecule has 1 aliphatic rings. The average molecular weight is 372 g/mol. The van der Waals surface area contributed by atoms with E-state index in [4.69, 9.17) is 4.74 Å². The van der Waals surface area contributed by atoms with E-state index < -0.39 is 0 Å². The van der Waals surface area contributed by atoms with E-state index >= 15 is 0 Å². The number of thiophene rings is 1. The van der Waals surface area contributed by atoms with Crippen LogP contribution in [-0.4, -0.2) is 42.5 Å². The first-order valence-corrected chi connectivity index (χ1v) is 9.90. The standard InChI is InChI=1S/C20H24N2O3S/c23-19(9-4-14-25-17-6-2-1-3-7-17)21-16-10-12-22(13-11-16)20(24)18-8-5-15-26-18/h1-3,5-8,15-16H,4,9-14H2,(H,21,23). The number of likely N-dealkylation sites (tertiary alicyclic amines) is 1. The van der Waals surface area contributed by atoms with Gasteiger partial charge in [-0.3, -0.25) is 9.59 Å². The molecular weight excluding hydrogens is 348 g/mol. The van der Waals surface area contributed by atoms with Crippen LogP contribution >= 0.6 is 11.3 Å². The largest absolute Gasteiger partial charge is 0.494 e. The Morgan fingerprint density at radius 3 is 2.58 bits per heavy atom. The first kappa shape index (κ1) is 18.5. The van der Waals surface area contributed by atoms with Crippen molar-refractivity contribution in [2.45, 2.75) is 31.7 Å². The average Bonchev–Trinajstić information content (AvgIpc) is 3.21. The Morgan fingerprint density at radius 1 is 1.12 bits per heavy atom. The van der Waals surface area contributed by atoms with E-state index in [1.165, 1.54) is 11.3 Å². The van der Waals surface area contributed by atoms with E-state index in [1.807, 2.05) is 52.7 Å². The normalized spacial score (nSPS) is 14.8. The molecule has 6 heteroatoms. The number of nitrogens with one attached hydrogen (secondary N) is 1. The van der Waals surface area contributed by atoms with Crippen molar-refractivity contribution in [1.82, 2.24) is 10.2 Å². The Balaban J connectivity index is 1.31. The Labute approximate surface area is 158 Å². The molecule has 0 saturated carbocycles. The van der Waals surface area contributed by atoms with Gasteiger partial charge in [-0.15, -0.1) is 11.3 Å². The van der Waals surface area contributed by atoms with Crippen LogP contribution in [0, 0.1) is 0 Å². The van der Waals surface area contributed by atoms with Gasteiger partial charge in [0.1, 0.15) is 5.75 Å². The molecule has 5 nitrogen and oxygen atoms in total. The molecule has 1 saturated heterocycles. The Kier molecular flexibility index (Phi) is 6.66. The molecule has 138 valence electrons. The van der Waals surface area contributed by atoms with Crippen LogP contribution in [-0.2, 0) is 4.79 Å². The van der Waals surface area contributed by atoms with Crippen molar-refractivity contribution in [3.05, 3.63) is 52.7 Å². The van der Waals surface area contributed by atoms with Crippen molar-refractivity contribution in [1.29, 1.82) is 0 Å². The van der Waals surface area contributed by atoms with Crippen molar-refractivity contribution >= 4 is 23.2 Å². The molecule has 0 bridgehead atoms. The molecule has 0 unspecified atom stereocenters. The van der Waals surface area contributed by atoms with Crippen LogP contribution < -0.4 is 10.1 Å². The van der Waals surface area contributed by atoms with E-state index in [9.17, 15) is 9.59 Å². The smallest absolute Gasteiger partial charge is 0.263 e. The lowest BCUT2D eigenvalue weighted by molar-refractivity contribution is -0.122. The summed E-state index contributed by atoms with van der Waals surface area (Å²) in [4.78, 5) is 27.1. The molecule has 2 amide bonds. The summed E-state index contributed by atoms with van der Waals surface area (Å²) >= 11 is 1.47. The molecule has 3 rings (SSSR count). The van der Waals surface area contributed by atoms with Gasteiger partial charge in [0.05, 0.1) is 11.5 Å². The molecule has 26 heavy (non-hydrogen) atoms. The predicted molar refractivity (Wildman–Crippen MR) is 103 cm³/mol. The van der Waals surface area contributed by atoms with Crippen molar-refractivity contribution in [2.75, 3.05) is 19.7 Å². The molecule has 0 atom stereocenters. The quantitative estimate of drug-likeness (QED) is 0.759. The zero-order valence-corrected chi connectivity index (χ0v) is 15.5. The van der Waals surface area contributed by atoms with Crippen LogP contribution in [0.25, 0.3) is 0 Å². The number of carbonyl (C=O) groups excluding carboxylic acids is 2. The van der Waals surface area contributed by atoms with Gasteiger partial charge in [-0.1, -0.05) is 24.3 Å². The van der Waals surface area contributed by atoms with Crippen molar-refractivity contribution in [2.24, 2.45) is 0 Å². The number of benzene rings is 1. The SMILES string of the molecule is O=C(CCCOc1ccccc1)NC1CCN(C(=O)c2cccs2)CC1. The minimum Gasteiger partial charge on any atom is -0.494 e.